The molecule has 6 heteroatoms. The van der Waals surface area contributed by atoms with E-state index in [1.807, 2.05) is 44.2 Å². The van der Waals surface area contributed by atoms with Crippen molar-refractivity contribution in [3.05, 3.63) is 42.5 Å². The predicted octanol–water partition coefficient (Wildman–Crippen LogP) is 2.87. The third kappa shape index (κ3) is 3.79. The molecule has 0 heterocycles. The zero-order chi connectivity index (χ0) is 15.7. The summed E-state index contributed by atoms with van der Waals surface area (Å²) >= 11 is 0. The molecule has 22 heavy (non-hydrogen) atoms. The van der Waals surface area contributed by atoms with Crippen LogP contribution in [-0.4, -0.2) is 32.9 Å². The zero-order valence-corrected chi connectivity index (χ0v) is 14.7. The molecule has 0 aliphatic heterocycles. The van der Waals surface area contributed by atoms with Gasteiger partial charge in [0.15, 0.2) is 0 Å². The third-order valence-corrected chi connectivity index (χ3v) is 5.50. The molecule has 122 valence electrons. The van der Waals surface area contributed by atoms with Crippen LogP contribution < -0.4 is 5.73 Å². The fourth-order valence-electron chi connectivity index (χ4n) is 2.34. The van der Waals surface area contributed by atoms with Crippen molar-refractivity contribution in [3.63, 3.8) is 0 Å². The van der Waals surface area contributed by atoms with Crippen molar-refractivity contribution in [3.8, 4) is 0 Å². The van der Waals surface area contributed by atoms with Gasteiger partial charge in [0.2, 0.25) is 10.0 Å². The monoisotopic (exact) mass is 342 g/mol. The van der Waals surface area contributed by atoms with Gasteiger partial charge in [0.1, 0.15) is 0 Å². The normalized spacial score (nSPS) is 12.4. The Morgan fingerprint density at radius 3 is 2.32 bits per heavy atom. The van der Waals surface area contributed by atoms with Gasteiger partial charge in [-0.25, -0.2) is 12.7 Å². The van der Waals surface area contributed by atoms with Crippen molar-refractivity contribution >= 4 is 33.2 Å². The Balaban J connectivity index is 0.00000242. The molecule has 0 radical (unpaired) electrons. The molecule has 0 aliphatic rings. The Labute approximate surface area is 138 Å². The number of sulfonamides is 1. The highest BCUT2D eigenvalue weighted by Crippen LogP contribution is 2.26. The number of nitrogens with zero attached hydrogens (tertiary/aromatic N) is 1. The first-order chi connectivity index (χ1) is 9.78. The maximum absolute atomic E-state index is 12.8. The summed E-state index contributed by atoms with van der Waals surface area (Å²) in [6.45, 7) is 4.74. The van der Waals surface area contributed by atoms with Gasteiger partial charge in [-0.05, 0) is 23.4 Å². The number of nitrogens with two attached hydrogens (primary N) is 1. The molecule has 0 aromatic heterocycles. The first-order valence-corrected chi connectivity index (χ1v) is 8.36. The van der Waals surface area contributed by atoms with Gasteiger partial charge in [-0.1, -0.05) is 50.2 Å². The van der Waals surface area contributed by atoms with E-state index in [-0.39, 0.29) is 17.8 Å². The Bertz CT molecular complexity index is 739. The van der Waals surface area contributed by atoms with Crippen molar-refractivity contribution in [2.75, 3.05) is 20.1 Å². The Morgan fingerprint density at radius 2 is 1.68 bits per heavy atom. The molecule has 0 unspecified atom stereocenters. The molecule has 0 atom stereocenters. The molecule has 2 aromatic carbocycles. The van der Waals surface area contributed by atoms with Gasteiger partial charge in [-0.15, -0.1) is 12.4 Å². The maximum atomic E-state index is 12.8. The molecule has 0 amide bonds. The first kappa shape index (κ1) is 18.9. The van der Waals surface area contributed by atoms with E-state index in [4.69, 9.17) is 5.73 Å². The highest BCUT2D eigenvalue weighted by molar-refractivity contribution is 7.89. The second kappa shape index (κ2) is 6.96. The lowest BCUT2D eigenvalue weighted by molar-refractivity contribution is 0.292. The van der Waals surface area contributed by atoms with Crippen LogP contribution in [-0.2, 0) is 10.0 Å². The summed E-state index contributed by atoms with van der Waals surface area (Å²) in [6, 6.07) is 12.9. The molecule has 0 aliphatic carbocycles. The van der Waals surface area contributed by atoms with E-state index in [2.05, 4.69) is 0 Å². The molecular weight excluding hydrogens is 320 g/mol. The molecule has 0 saturated heterocycles. The van der Waals surface area contributed by atoms with Gasteiger partial charge >= 0.3 is 0 Å². The average molecular weight is 343 g/mol. The summed E-state index contributed by atoms with van der Waals surface area (Å²) in [5.41, 5.74) is 5.45. The van der Waals surface area contributed by atoms with Crippen molar-refractivity contribution in [2.45, 2.75) is 18.7 Å². The predicted molar refractivity (Wildman–Crippen MR) is 93.8 cm³/mol. The van der Waals surface area contributed by atoms with E-state index in [9.17, 15) is 8.42 Å². The highest BCUT2D eigenvalue weighted by Gasteiger charge is 2.28. The summed E-state index contributed by atoms with van der Waals surface area (Å²) in [4.78, 5) is 0.343. The summed E-state index contributed by atoms with van der Waals surface area (Å²) in [5, 5.41) is 1.67. The fourth-order valence-corrected chi connectivity index (χ4v) is 3.91. The number of rotatable bonds is 5. The minimum atomic E-state index is -3.53. The minimum absolute atomic E-state index is 0. The number of hydrogen-bond acceptors (Lipinski definition) is 3. The SMILES string of the molecule is CN(CC(C)(C)CN)S(=O)(=O)c1cccc2ccccc12.Cl. The summed E-state index contributed by atoms with van der Waals surface area (Å²) in [5.74, 6) is 0. The topological polar surface area (TPSA) is 63.4 Å². The van der Waals surface area contributed by atoms with Gasteiger partial charge in [0.25, 0.3) is 0 Å². The van der Waals surface area contributed by atoms with Crippen molar-refractivity contribution < 1.29 is 8.42 Å². The van der Waals surface area contributed by atoms with E-state index < -0.39 is 10.0 Å². The fraction of sp³-hybridized carbons (Fsp3) is 0.375. The second-order valence-electron chi connectivity index (χ2n) is 6.11. The number of hydrogen-bond donors (Lipinski definition) is 1. The number of halogens is 1. The minimum Gasteiger partial charge on any atom is -0.330 e. The molecule has 0 bridgehead atoms. The Kier molecular flexibility index (Phi) is 5.98. The van der Waals surface area contributed by atoms with Gasteiger partial charge in [0, 0.05) is 19.0 Å². The van der Waals surface area contributed by atoms with Crippen molar-refractivity contribution in [1.29, 1.82) is 0 Å². The summed E-state index contributed by atoms with van der Waals surface area (Å²) < 4.78 is 27.0. The van der Waals surface area contributed by atoms with E-state index in [0.29, 0.717) is 18.0 Å². The quantitative estimate of drug-likeness (QED) is 0.908. The summed E-state index contributed by atoms with van der Waals surface area (Å²) in [6.07, 6.45) is 0. The number of benzene rings is 2. The lowest BCUT2D eigenvalue weighted by Gasteiger charge is -2.28. The Hall–Kier alpha value is -1.14. The molecular formula is C16H23ClN2O2S. The van der Waals surface area contributed by atoms with Crippen LogP contribution in [0.4, 0.5) is 0 Å². The third-order valence-electron chi connectivity index (χ3n) is 3.64. The van der Waals surface area contributed by atoms with Gasteiger partial charge < -0.3 is 5.73 Å². The van der Waals surface area contributed by atoms with Crippen LogP contribution in [0.5, 0.6) is 0 Å². The van der Waals surface area contributed by atoms with Crippen LogP contribution in [0, 0.1) is 5.41 Å². The van der Waals surface area contributed by atoms with Crippen LogP contribution in [0.2, 0.25) is 0 Å². The summed E-state index contributed by atoms with van der Waals surface area (Å²) in [7, 11) is -1.93. The molecule has 0 fully saturated rings. The van der Waals surface area contributed by atoms with Crippen molar-refractivity contribution in [1.82, 2.24) is 4.31 Å². The van der Waals surface area contributed by atoms with Gasteiger partial charge in [-0.2, -0.15) is 0 Å². The van der Waals surface area contributed by atoms with Gasteiger partial charge in [0.05, 0.1) is 4.90 Å². The van der Waals surface area contributed by atoms with Crippen LogP contribution in [0.25, 0.3) is 10.8 Å². The smallest absolute Gasteiger partial charge is 0.243 e. The van der Waals surface area contributed by atoms with Crippen LogP contribution in [0.15, 0.2) is 47.4 Å². The van der Waals surface area contributed by atoms with E-state index in [0.717, 1.165) is 10.8 Å². The molecule has 2 aromatic rings. The van der Waals surface area contributed by atoms with E-state index >= 15 is 0 Å². The second-order valence-corrected chi connectivity index (χ2v) is 8.12. The lowest BCUT2D eigenvalue weighted by Crippen LogP contribution is -2.39. The molecule has 0 saturated carbocycles. The zero-order valence-electron chi connectivity index (χ0n) is 13.1. The van der Waals surface area contributed by atoms with E-state index in [1.54, 1.807) is 19.2 Å². The highest BCUT2D eigenvalue weighted by atomic mass is 35.5. The van der Waals surface area contributed by atoms with Crippen LogP contribution in [0.1, 0.15) is 13.8 Å². The Morgan fingerprint density at radius 1 is 1.09 bits per heavy atom. The standard InChI is InChI=1S/C16H22N2O2S.ClH/c1-16(2,11-17)12-18(3)21(19,20)15-10-6-8-13-7-4-5-9-14(13)15;/h4-10H,11-12,17H2,1-3H3;1H. The van der Waals surface area contributed by atoms with E-state index in [1.165, 1.54) is 4.31 Å². The lowest BCUT2D eigenvalue weighted by atomic mass is 9.94. The average Bonchev–Trinajstić information content (AvgIpc) is 2.46. The van der Waals surface area contributed by atoms with Crippen LogP contribution in [0.3, 0.4) is 0 Å². The largest absolute Gasteiger partial charge is 0.330 e. The first-order valence-electron chi connectivity index (χ1n) is 6.92. The van der Waals surface area contributed by atoms with Gasteiger partial charge in [-0.3, -0.25) is 0 Å². The number of fused-ring (bicyclic) bond motifs is 1. The molecule has 4 nitrogen and oxygen atoms in total. The van der Waals surface area contributed by atoms with Crippen LogP contribution >= 0.6 is 12.4 Å². The molecule has 0 spiro atoms. The molecule has 2 N–H and O–H groups in total. The molecule has 2 rings (SSSR count). The maximum Gasteiger partial charge on any atom is 0.243 e. The van der Waals surface area contributed by atoms with Crippen molar-refractivity contribution in [2.24, 2.45) is 11.1 Å².